The number of rotatable bonds is 4. The molecule has 6 heteroatoms. The third kappa shape index (κ3) is 3.66. The van der Waals surface area contributed by atoms with Crippen LogP contribution in [0.3, 0.4) is 0 Å². The lowest BCUT2D eigenvalue weighted by atomic mass is 10.2. The second-order valence-corrected chi connectivity index (χ2v) is 3.66. The van der Waals surface area contributed by atoms with Gasteiger partial charge in [0.15, 0.2) is 0 Å². The van der Waals surface area contributed by atoms with Gasteiger partial charge in [-0.3, -0.25) is 4.79 Å². The second kappa shape index (κ2) is 5.90. The average Bonchev–Trinajstić information content (AvgIpc) is 2.22. The summed E-state index contributed by atoms with van der Waals surface area (Å²) < 4.78 is 0. The first-order valence-corrected chi connectivity index (χ1v) is 5.20. The molecule has 15 heavy (non-hydrogen) atoms. The lowest BCUT2D eigenvalue weighted by Crippen LogP contribution is -2.26. The molecule has 0 saturated carbocycles. The summed E-state index contributed by atoms with van der Waals surface area (Å²) in [5, 5.41) is 3.14. The van der Waals surface area contributed by atoms with E-state index >= 15 is 0 Å². The van der Waals surface area contributed by atoms with Gasteiger partial charge in [0.25, 0.3) is 5.91 Å². The standard InChI is InChI=1S/C9H11Cl2N3O/c10-7-4-6(5-14-8(7)11)9(15)13-3-1-2-12/h4-5H,1-3,12H2,(H,13,15). The number of halogens is 2. The van der Waals surface area contributed by atoms with E-state index in [0.29, 0.717) is 18.7 Å². The number of carbonyl (C=O) groups is 1. The fourth-order valence-electron chi connectivity index (χ4n) is 0.951. The molecule has 1 amide bonds. The molecule has 0 aliphatic carbocycles. The summed E-state index contributed by atoms with van der Waals surface area (Å²) in [6.45, 7) is 1.08. The van der Waals surface area contributed by atoms with Crippen LogP contribution in [0.4, 0.5) is 0 Å². The molecule has 0 spiro atoms. The van der Waals surface area contributed by atoms with Crippen LogP contribution in [-0.4, -0.2) is 24.0 Å². The molecule has 1 aromatic rings. The Labute approximate surface area is 97.8 Å². The molecule has 0 aliphatic rings. The van der Waals surface area contributed by atoms with E-state index in [1.54, 1.807) is 0 Å². The molecule has 0 unspecified atom stereocenters. The topological polar surface area (TPSA) is 68.0 Å². The van der Waals surface area contributed by atoms with Crippen LogP contribution < -0.4 is 11.1 Å². The first-order valence-electron chi connectivity index (χ1n) is 4.44. The zero-order valence-electron chi connectivity index (χ0n) is 7.96. The molecule has 0 radical (unpaired) electrons. The Morgan fingerprint density at radius 1 is 1.53 bits per heavy atom. The first kappa shape index (κ1) is 12.2. The highest BCUT2D eigenvalue weighted by Crippen LogP contribution is 2.19. The predicted octanol–water partition coefficient (Wildman–Crippen LogP) is 1.47. The van der Waals surface area contributed by atoms with Crippen LogP contribution in [0.2, 0.25) is 10.2 Å². The van der Waals surface area contributed by atoms with Crippen molar-refractivity contribution in [2.24, 2.45) is 5.73 Å². The van der Waals surface area contributed by atoms with Crippen molar-refractivity contribution in [3.05, 3.63) is 28.0 Å². The molecule has 0 atom stereocenters. The van der Waals surface area contributed by atoms with Crippen LogP contribution in [0.25, 0.3) is 0 Å². The lowest BCUT2D eigenvalue weighted by molar-refractivity contribution is 0.0953. The fourth-order valence-corrected chi connectivity index (χ4v) is 1.22. The van der Waals surface area contributed by atoms with Crippen LogP contribution in [0.5, 0.6) is 0 Å². The van der Waals surface area contributed by atoms with Gasteiger partial charge in [0.1, 0.15) is 5.15 Å². The van der Waals surface area contributed by atoms with Gasteiger partial charge in [-0.2, -0.15) is 0 Å². The summed E-state index contributed by atoms with van der Waals surface area (Å²) in [5.74, 6) is -0.227. The molecule has 0 aliphatic heterocycles. The Morgan fingerprint density at radius 2 is 2.27 bits per heavy atom. The van der Waals surface area contributed by atoms with Crippen molar-refractivity contribution in [3.8, 4) is 0 Å². The quantitative estimate of drug-likeness (QED) is 0.626. The Bertz CT molecular complexity index is 357. The number of nitrogens with two attached hydrogens (primary N) is 1. The van der Waals surface area contributed by atoms with Gasteiger partial charge in [-0.25, -0.2) is 4.98 Å². The maximum atomic E-state index is 11.5. The van der Waals surface area contributed by atoms with E-state index in [4.69, 9.17) is 28.9 Å². The van der Waals surface area contributed by atoms with E-state index in [0.717, 1.165) is 6.42 Å². The van der Waals surface area contributed by atoms with Crippen LogP contribution in [0, 0.1) is 0 Å². The molecule has 1 aromatic heterocycles. The van der Waals surface area contributed by atoms with Crippen molar-refractivity contribution in [1.82, 2.24) is 10.3 Å². The van der Waals surface area contributed by atoms with E-state index in [2.05, 4.69) is 10.3 Å². The first-order chi connectivity index (χ1) is 7.15. The van der Waals surface area contributed by atoms with Crippen molar-refractivity contribution in [2.45, 2.75) is 6.42 Å². The van der Waals surface area contributed by atoms with E-state index in [1.807, 2.05) is 0 Å². The van der Waals surface area contributed by atoms with Crippen LogP contribution in [0.1, 0.15) is 16.8 Å². The van der Waals surface area contributed by atoms with Crippen LogP contribution in [-0.2, 0) is 0 Å². The maximum absolute atomic E-state index is 11.5. The molecule has 0 fully saturated rings. The van der Waals surface area contributed by atoms with E-state index in [9.17, 15) is 4.79 Å². The summed E-state index contributed by atoms with van der Waals surface area (Å²) >= 11 is 11.3. The van der Waals surface area contributed by atoms with Gasteiger partial charge in [0, 0.05) is 12.7 Å². The van der Waals surface area contributed by atoms with Gasteiger partial charge < -0.3 is 11.1 Å². The third-order valence-electron chi connectivity index (χ3n) is 1.72. The highest BCUT2D eigenvalue weighted by atomic mass is 35.5. The number of aromatic nitrogens is 1. The van der Waals surface area contributed by atoms with E-state index in [-0.39, 0.29) is 16.1 Å². The Hall–Kier alpha value is -0.840. The molecular weight excluding hydrogens is 237 g/mol. The summed E-state index contributed by atoms with van der Waals surface area (Å²) in [6, 6.07) is 1.48. The van der Waals surface area contributed by atoms with Gasteiger partial charge in [-0.15, -0.1) is 0 Å². The molecule has 1 heterocycles. The number of hydrogen-bond acceptors (Lipinski definition) is 3. The van der Waals surface area contributed by atoms with Gasteiger partial charge in [0.2, 0.25) is 0 Å². The highest BCUT2D eigenvalue weighted by molar-refractivity contribution is 6.41. The van der Waals surface area contributed by atoms with Crippen molar-refractivity contribution >= 4 is 29.1 Å². The minimum absolute atomic E-state index is 0.190. The molecule has 1 rings (SSSR count). The number of amides is 1. The van der Waals surface area contributed by atoms with Crippen molar-refractivity contribution < 1.29 is 4.79 Å². The summed E-state index contributed by atoms with van der Waals surface area (Å²) in [4.78, 5) is 15.3. The van der Waals surface area contributed by atoms with Crippen molar-refractivity contribution in [2.75, 3.05) is 13.1 Å². The van der Waals surface area contributed by atoms with E-state index in [1.165, 1.54) is 12.3 Å². The predicted molar refractivity (Wildman–Crippen MR) is 60.3 cm³/mol. The molecule has 0 saturated heterocycles. The molecule has 0 bridgehead atoms. The number of nitrogens with one attached hydrogen (secondary N) is 1. The second-order valence-electron chi connectivity index (χ2n) is 2.89. The average molecular weight is 248 g/mol. The molecule has 4 nitrogen and oxygen atoms in total. The van der Waals surface area contributed by atoms with Gasteiger partial charge >= 0.3 is 0 Å². The Kier molecular flexibility index (Phi) is 4.81. The molecule has 0 aromatic carbocycles. The lowest BCUT2D eigenvalue weighted by Gasteiger charge is -2.04. The van der Waals surface area contributed by atoms with Crippen LogP contribution in [0.15, 0.2) is 12.3 Å². The number of hydrogen-bond donors (Lipinski definition) is 2. The zero-order valence-corrected chi connectivity index (χ0v) is 9.48. The molecule has 82 valence electrons. The molecular formula is C9H11Cl2N3O. The highest BCUT2D eigenvalue weighted by Gasteiger charge is 2.07. The Morgan fingerprint density at radius 3 is 2.87 bits per heavy atom. The number of nitrogens with zero attached hydrogens (tertiary/aromatic N) is 1. The van der Waals surface area contributed by atoms with Crippen molar-refractivity contribution in [3.63, 3.8) is 0 Å². The molecule has 3 N–H and O–H groups in total. The Balaban J connectivity index is 2.62. The summed E-state index contributed by atoms with van der Waals surface area (Å²) in [6.07, 6.45) is 2.12. The van der Waals surface area contributed by atoms with E-state index < -0.39 is 0 Å². The third-order valence-corrected chi connectivity index (χ3v) is 2.41. The summed E-state index contributed by atoms with van der Waals surface area (Å²) in [7, 11) is 0. The number of pyridine rings is 1. The van der Waals surface area contributed by atoms with Gasteiger partial charge in [-0.05, 0) is 19.0 Å². The van der Waals surface area contributed by atoms with Crippen LogP contribution >= 0.6 is 23.2 Å². The fraction of sp³-hybridized carbons (Fsp3) is 0.333. The zero-order chi connectivity index (χ0) is 11.3. The SMILES string of the molecule is NCCCNC(=O)c1cnc(Cl)c(Cl)c1. The largest absolute Gasteiger partial charge is 0.352 e. The smallest absolute Gasteiger partial charge is 0.252 e. The van der Waals surface area contributed by atoms with Crippen molar-refractivity contribution in [1.29, 1.82) is 0 Å². The number of carbonyl (C=O) groups excluding carboxylic acids is 1. The summed E-state index contributed by atoms with van der Waals surface area (Å²) in [5.41, 5.74) is 5.69. The van der Waals surface area contributed by atoms with Gasteiger partial charge in [0.05, 0.1) is 10.6 Å². The van der Waals surface area contributed by atoms with Gasteiger partial charge in [-0.1, -0.05) is 23.2 Å². The monoisotopic (exact) mass is 247 g/mol. The maximum Gasteiger partial charge on any atom is 0.252 e. The minimum atomic E-state index is -0.227. The minimum Gasteiger partial charge on any atom is -0.352 e. The normalized spacial score (nSPS) is 10.1.